The molecule has 9 nitrogen and oxygen atoms in total. The Bertz CT molecular complexity index is 175. The van der Waals surface area contributed by atoms with Crippen molar-refractivity contribution in [1.82, 2.24) is 0 Å². The summed E-state index contributed by atoms with van der Waals surface area (Å²) in [6, 6.07) is 0. The normalized spacial score (nSPS) is 10.2. The zero-order valence-corrected chi connectivity index (χ0v) is 11.9. The maximum absolute atomic E-state index is 10.0. The Morgan fingerprint density at radius 1 is 1.31 bits per heavy atom. The molecule has 94 valence electrons. The van der Waals surface area contributed by atoms with Crippen molar-refractivity contribution < 1.29 is 65.5 Å². The summed E-state index contributed by atoms with van der Waals surface area (Å²) in [5.74, 6) is 0. The van der Waals surface area contributed by atoms with E-state index >= 15 is 0 Å². The van der Waals surface area contributed by atoms with Crippen molar-refractivity contribution in [2.45, 2.75) is 5.54 Å². The van der Waals surface area contributed by atoms with Crippen LogP contribution in [0.3, 0.4) is 0 Å². The minimum Gasteiger partial charge on any atom is -1.00 e. The minimum atomic E-state index is -2.10. The van der Waals surface area contributed by atoms with Crippen molar-refractivity contribution in [3.63, 3.8) is 0 Å². The number of rotatable bonds is 5. The van der Waals surface area contributed by atoms with E-state index in [0.717, 1.165) is 0 Å². The second kappa shape index (κ2) is 12.1. The van der Waals surface area contributed by atoms with E-state index in [1.807, 2.05) is 0 Å². The maximum Gasteiger partial charge on any atom is 1.00 e. The molecule has 0 aliphatic rings. The summed E-state index contributed by atoms with van der Waals surface area (Å²) < 4.78 is 3.93. The first kappa shape index (κ1) is 21.8. The molecule has 16 heavy (non-hydrogen) atoms. The van der Waals surface area contributed by atoms with E-state index < -0.39 is 38.9 Å². The molecule has 0 aromatic carbocycles. The SMILES string of the molecule is COP(O)O.O=[N+]([O-])C(CO)(CO)CO.[H-].[Na+]. The number of nitro groups is 1. The molecule has 5 N–H and O–H groups in total. The summed E-state index contributed by atoms with van der Waals surface area (Å²) in [7, 11) is -0.870. The van der Waals surface area contributed by atoms with Gasteiger partial charge in [-0.2, -0.15) is 0 Å². The van der Waals surface area contributed by atoms with Gasteiger partial charge in [0.2, 0.25) is 0 Å². The molecule has 0 rings (SSSR count). The number of hydrogen-bond acceptors (Lipinski definition) is 8. The third kappa shape index (κ3) is 8.71. The van der Waals surface area contributed by atoms with E-state index in [1.54, 1.807) is 0 Å². The average molecular weight is 271 g/mol. The number of nitrogens with zero attached hydrogens (tertiary/aromatic N) is 1. The summed E-state index contributed by atoms with van der Waals surface area (Å²) in [4.78, 5) is 24.7. The van der Waals surface area contributed by atoms with Gasteiger partial charge in [-0.05, 0) is 0 Å². The summed E-state index contributed by atoms with van der Waals surface area (Å²) in [5.41, 5.74) is -1.99. The van der Waals surface area contributed by atoms with Crippen LogP contribution in [0.1, 0.15) is 1.43 Å². The molecule has 0 bridgehead atoms. The molecule has 0 amide bonds. The van der Waals surface area contributed by atoms with Crippen LogP contribution >= 0.6 is 8.60 Å². The molecule has 0 radical (unpaired) electrons. The topological polar surface area (TPSA) is 154 Å². The molecule has 0 saturated heterocycles. The molecule has 0 spiro atoms. The molecule has 0 unspecified atom stereocenters. The van der Waals surface area contributed by atoms with Crippen molar-refractivity contribution in [1.29, 1.82) is 0 Å². The van der Waals surface area contributed by atoms with E-state index in [9.17, 15) is 10.1 Å². The van der Waals surface area contributed by atoms with Gasteiger partial charge in [-0.15, -0.1) is 0 Å². The second-order valence-corrected chi connectivity index (χ2v) is 3.26. The fraction of sp³-hybridized carbons (Fsp3) is 1.00. The monoisotopic (exact) mass is 271 g/mol. The van der Waals surface area contributed by atoms with Crippen LogP contribution in [0.15, 0.2) is 0 Å². The summed E-state index contributed by atoms with van der Waals surface area (Å²) in [5, 5.41) is 35.2. The molecule has 0 aliphatic carbocycles. The second-order valence-electron chi connectivity index (χ2n) is 2.39. The fourth-order valence-electron chi connectivity index (χ4n) is 0.323. The summed E-state index contributed by atoms with van der Waals surface area (Å²) >= 11 is 0. The molecule has 0 saturated carbocycles. The van der Waals surface area contributed by atoms with E-state index in [0.29, 0.717) is 0 Å². The minimum absolute atomic E-state index is 0. The van der Waals surface area contributed by atoms with Crippen LogP contribution in [0.2, 0.25) is 0 Å². The standard InChI is InChI=1S/C4H9NO5.CH5O3P.Na.H/c6-1-4(2-7,3-8)5(9)10;1-4-5(2)3;;/h6-8H,1-3H2;2-3H,1H3;;/q;;+1;-1. The third-order valence-corrected chi connectivity index (χ3v) is 1.76. The first-order valence-corrected chi connectivity index (χ1v) is 4.75. The molecule has 0 aromatic rings. The fourth-order valence-corrected chi connectivity index (χ4v) is 0.323. The zero-order valence-electron chi connectivity index (χ0n) is 9.98. The van der Waals surface area contributed by atoms with Gasteiger partial charge in [-0.25, -0.2) is 0 Å². The third-order valence-electron chi connectivity index (χ3n) is 1.43. The predicted octanol–water partition coefficient (Wildman–Crippen LogP) is -5.06. The summed E-state index contributed by atoms with van der Waals surface area (Å²) in [6.45, 7) is -2.60. The first-order chi connectivity index (χ1) is 6.90. The molecule has 0 fully saturated rings. The molecule has 11 heteroatoms. The number of hydrogen-bond donors (Lipinski definition) is 5. The van der Waals surface area contributed by atoms with Gasteiger partial charge in [0.05, 0.1) is 0 Å². The van der Waals surface area contributed by atoms with Crippen LogP contribution in [0.4, 0.5) is 0 Å². The zero-order chi connectivity index (χ0) is 12.5. The van der Waals surface area contributed by atoms with E-state index in [4.69, 9.17) is 25.1 Å². The van der Waals surface area contributed by atoms with Gasteiger partial charge in [0, 0.05) is 12.0 Å². The van der Waals surface area contributed by atoms with Crippen LogP contribution in [0, 0.1) is 10.1 Å². The van der Waals surface area contributed by atoms with Gasteiger partial charge >= 0.3 is 38.2 Å². The van der Waals surface area contributed by atoms with Gasteiger partial charge in [-0.1, -0.05) is 0 Å². The van der Waals surface area contributed by atoms with Gasteiger partial charge < -0.3 is 31.1 Å². The molecular weight excluding hydrogens is 256 g/mol. The van der Waals surface area contributed by atoms with Crippen molar-refractivity contribution in [2.75, 3.05) is 26.9 Å². The van der Waals surface area contributed by atoms with Crippen molar-refractivity contribution in [2.24, 2.45) is 0 Å². The molecule has 0 heterocycles. The quantitative estimate of drug-likeness (QED) is 0.144. The predicted molar refractivity (Wildman–Crippen MR) is 50.5 cm³/mol. The Balaban J connectivity index is -0.000000105. The first-order valence-electron chi connectivity index (χ1n) is 3.59. The van der Waals surface area contributed by atoms with Crippen molar-refractivity contribution in [3.8, 4) is 0 Å². The Morgan fingerprint density at radius 3 is 1.56 bits per heavy atom. The van der Waals surface area contributed by atoms with Crippen LogP contribution in [0.5, 0.6) is 0 Å². The van der Waals surface area contributed by atoms with Gasteiger partial charge in [0.1, 0.15) is 19.8 Å². The van der Waals surface area contributed by atoms with E-state index in [2.05, 4.69) is 4.52 Å². The van der Waals surface area contributed by atoms with Crippen LogP contribution in [-0.4, -0.2) is 62.5 Å². The molecule has 0 aliphatic heterocycles. The number of aliphatic hydroxyl groups excluding tert-OH is 3. The Morgan fingerprint density at radius 2 is 1.56 bits per heavy atom. The van der Waals surface area contributed by atoms with Crippen LogP contribution in [-0.2, 0) is 4.52 Å². The molecular formula is C5H15NNaO8P. The maximum atomic E-state index is 10.0. The van der Waals surface area contributed by atoms with E-state index in [1.165, 1.54) is 7.11 Å². The van der Waals surface area contributed by atoms with E-state index in [-0.39, 0.29) is 31.0 Å². The Labute approximate surface area is 117 Å². The number of aliphatic hydroxyl groups is 3. The largest absolute Gasteiger partial charge is 1.00 e. The van der Waals surface area contributed by atoms with Gasteiger partial charge in [0.15, 0.2) is 0 Å². The summed E-state index contributed by atoms with van der Waals surface area (Å²) in [6.07, 6.45) is 0. The van der Waals surface area contributed by atoms with Gasteiger partial charge in [0.25, 0.3) is 5.54 Å². The molecule has 0 aromatic heterocycles. The average Bonchev–Trinajstić information content (AvgIpc) is 2.21. The van der Waals surface area contributed by atoms with Crippen LogP contribution < -0.4 is 29.6 Å². The smallest absolute Gasteiger partial charge is 1.00 e. The van der Waals surface area contributed by atoms with Crippen molar-refractivity contribution in [3.05, 3.63) is 10.1 Å². The van der Waals surface area contributed by atoms with Gasteiger partial charge in [-0.3, -0.25) is 10.1 Å². The van der Waals surface area contributed by atoms with Crippen molar-refractivity contribution >= 4 is 8.60 Å². The Hall–Kier alpha value is 0.590. The van der Waals surface area contributed by atoms with Crippen LogP contribution in [0.25, 0.3) is 0 Å². The molecule has 0 atom stereocenters. The Kier molecular flexibility index (Phi) is 16.5.